The highest BCUT2D eigenvalue weighted by Gasteiger charge is 2.20. The molecule has 0 rings (SSSR count). The van der Waals surface area contributed by atoms with Gasteiger partial charge in [0.25, 0.3) is 0 Å². The molecule has 0 radical (unpaired) electrons. The van der Waals surface area contributed by atoms with Crippen molar-refractivity contribution in [3.05, 3.63) is 12.2 Å². The normalized spacial score (nSPS) is 12.7. The number of carbonyl (C=O) groups is 2. The van der Waals surface area contributed by atoms with Crippen LogP contribution < -0.4 is 5.32 Å². The lowest BCUT2D eigenvalue weighted by atomic mass is 10.0. The second kappa shape index (κ2) is 51.2. The van der Waals surface area contributed by atoms with Gasteiger partial charge in [0, 0.05) is 12.8 Å². The molecule has 0 aliphatic rings. The summed E-state index contributed by atoms with van der Waals surface area (Å²) in [6, 6.07) is -0.541. The minimum absolute atomic E-state index is 0.00408. The van der Waals surface area contributed by atoms with Crippen LogP contribution in [0.5, 0.6) is 0 Å². The van der Waals surface area contributed by atoms with E-state index in [4.69, 9.17) is 4.74 Å². The summed E-state index contributed by atoms with van der Waals surface area (Å²) in [5.74, 6) is -0.0367. The Labute approximate surface area is 380 Å². The van der Waals surface area contributed by atoms with Gasteiger partial charge in [0.15, 0.2) is 0 Å². The Morgan fingerprint density at radius 1 is 0.443 bits per heavy atom. The van der Waals surface area contributed by atoms with Crippen LogP contribution in [0.3, 0.4) is 0 Å². The van der Waals surface area contributed by atoms with E-state index in [1.165, 1.54) is 225 Å². The molecule has 0 aromatic carbocycles. The van der Waals surface area contributed by atoms with Gasteiger partial charge in [0.05, 0.1) is 25.4 Å². The summed E-state index contributed by atoms with van der Waals surface area (Å²) in [5, 5.41) is 23.1. The highest BCUT2D eigenvalue weighted by atomic mass is 16.5. The molecule has 3 N–H and O–H groups in total. The lowest BCUT2D eigenvalue weighted by Gasteiger charge is -2.22. The minimum Gasteiger partial charge on any atom is -0.466 e. The third-order valence-electron chi connectivity index (χ3n) is 12.8. The Hall–Kier alpha value is -1.40. The Balaban J connectivity index is 3.36. The molecule has 0 aromatic rings. The molecule has 0 aliphatic carbocycles. The lowest BCUT2D eigenvalue weighted by Crippen LogP contribution is -2.45. The summed E-state index contributed by atoms with van der Waals surface area (Å²) in [4.78, 5) is 24.4. The molecule has 0 saturated carbocycles. The van der Waals surface area contributed by atoms with Gasteiger partial charge in [-0.15, -0.1) is 0 Å². The van der Waals surface area contributed by atoms with Crippen molar-refractivity contribution >= 4 is 11.9 Å². The van der Waals surface area contributed by atoms with Crippen LogP contribution >= 0.6 is 0 Å². The van der Waals surface area contributed by atoms with Crippen LogP contribution in [0.15, 0.2) is 12.2 Å². The maximum Gasteiger partial charge on any atom is 0.305 e. The van der Waals surface area contributed by atoms with Crippen LogP contribution in [-0.2, 0) is 14.3 Å². The molecule has 1 amide bonds. The average molecular weight is 862 g/mol. The first-order valence-electron chi connectivity index (χ1n) is 27.4. The molecule has 61 heavy (non-hydrogen) atoms. The van der Waals surface area contributed by atoms with Gasteiger partial charge in [-0.05, 0) is 51.4 Å². The van der Waals surface area contributed by atoms with Gasteiger partial charge in [-0.2, -0.15) is 0 Å². The van der Waals surface area contributed by atoms with Crippen LogP contribution in [0.25, 0.3) is 0 Å². The number of aliphatic hydroxyl groups is 2. The van der Waals surface area contributed by atoms with E-state index in [1.807, 2.05) is 0 Å². The second-order valence-corrected chi connectivity index (χ2v) is 18.9. The van der Waals surface area contributed by atoms with Gasteiger partial charge < -0.3 is 20.3 Å². The van der Waals surface area contributed by atoms with Crippen molar-refractivity contribution in [3.8, 4) is 0 Å². The predicted molar refractivity (Wildman–Crippen MR) is 264 cm³/mol. The molecule has 2 unspecified atom stereocenters. The zero-order chi connectivity index (χ0) is 44.4. The molecule has 362 valence electrons. The van der Waals surface area contributed by atoms with Crippen molar-refractivity contribution in [3.63, 3.8) is 0 Å². The maximum absolute atomic E-state index is 12.4. The van der Waals surface area contributed by atoms with Crippen LogP contribution in [-0.4, -0.2) is 47.4 Å². The number of amides is 1. The fourth-order valence-electron chi connectivity index (χ4n) is 8.58. The summed E-state index contributed by atoms with van der Waals surface area (Å²) in [6.07, 6.45) is 59.1. The van der Waals surface area contributed by atoms with Gasteiger partial charge in [-0.3, -0.25) is 9.59 Å². The number of nitrogens with one attached hydrogen (secondary N) is 1. The van der Waals surface area contributed by atoms with Crippen LogP contribution in [0.4, 0.5) is 0 Å². The number of ether oxygens (including phenoxy) is 1. The first-order valence-corrected chi connectivity index (χ1v) is 27.4. The highest BCUT2D eigenvalue weighted by molar-refractivity contribution is 5.76. The lowest BCUT2D eigenvalue weighted by molar-refractivity contribution is -0.143. The molecule has 0 spiro atoms. The zero-order valence-corrected chi connectivity index (χ0v) is 41.2. The quantitative estimate of drug-likeness (QED) is 0.0322. The minimum atomic E-state index is -0.664. The van der Waals surface area contributed by atoms with E-state index < -0.39 is 12.1 Å². The summed E-state index contributed by atoms with van der Waals surface area (Å²) >= 11 is 0. The smallest absolute Gasteiger partial charge is 0.305 e. The molecule has 0 heterocycles. The topological polar surface area (TPSA) is 95.9 Å². The van der Waals surface area contributed by atoms with Crippen molar-refractivity contribution in [2.45, 2.75) is 315 Å². The van der Waals surface area contributed by atoms with Crippen molar-refractivity contribution in [2.24, 2.45) is 0 Å². The number of aliphatic hydroxyl groups excluding tert-OH is 2. The summed E-state index contributed by atoms with van der Waals surface area (Å²) in [6.45, 7) is 4.93. The van der Waals surface area contributed by atoms with Crippen molar-refractivity contribution < 1.29 is 24.5 Å². The third-order valence-corrected chi connectivity index (χ3v) is 12.8. The van der Waals surface area contributed by atoms with E-state index in [-0.39, 0.29) is 18.5 Å². The SMILES string of the molecule is CCCCCCCC/C=C\CCCCCCCCCC(=O)OCCCCCCCCCCCCCCCCCCCCC(=O)NC(CO)C(O)CCCCCCCCCCC. The van der Waals surface area contributed by atoms with Crippen molar-refractivity contribution in [2.75, 3.05) is 13.2 Å². The molecule has 0 fully saturated rings. The van der Waals surface area contributed by atoms with Crippen LogP contribution in [0.1, 0.15) is 303 Å². The molecular formula is C55H107NO5. The molecular weight excluding hydrogens is 755 g/mol. The summed E-state index contributed by atoms with van der Waals surface area (Å²) in [7, 11) is 0. The number of esters is 1. The predicted octanol–water partition coefficient (Wildman–Crippen LogP) is 16.5. The number of hydrogen-bond acceptors (Lipinski definition) is 5. The fraction of sp³-hybridized carbons (Fsp3) is 0.927. The maximum atomic E-state index is 12.4. The standard InChI is InChI=1S/C55H107NO5/c1-3-5-7-9-11-13-14-15-16-19-23-26-29-33-37-41-45-49-55(60)61-50-46-42-38-34-30-27-24-21-18-17-20-22-25-28-32-36-40-44-48-54(59)56-52(51-57)53(58)47-43-39-35-31-12-10-8-6-4-2/h15-16,52-53,57-58H,3-14,17-51H2,1-2H3,(H,56,59)/b16-15-. The monoisotopic (exact) mass is 862 g/mol. The first-order chi connectivity index (χ1) is 30.0. The molecule has 6 heteroatoms. The van der Waals surface area contributed by atoms with Gasteiger partial charge in [0.2, 0.25) is 5.91 Å². The molecule has 0 aromatic heterocycles. The van der Waals surface area contributed by atoms with Gasteiger partial charge >= 0.3 is 5.97 Å². The fourth-order valence-corrected chi connectivity index (χ4v) is 8.58. The summed E-state index contributed by atoms with van der Waals surface area (Å²) in [5.41, 5.74) is 0. The van der Waals surface area contributed by atoms with E-state index in [0.717, 1.165) is 44.9 Å². The number of allylic oxidation sites excluding steroid dienone is 2. The van der Waals surface area contributed by atoms with Crippen molar-refractivity contribution in [1.82, 2.24) is 5.32 Å². The Kier molecular flexibility index (Phi) is 50.1. The summed E-state index contributed by atoms with van der Waals surface area (Å²) < 4.78 is 5.48. The number of unbranched alkanes of at least 4 members (excludes halogenated alkanes) is 38. The van der Waals surface area contributed by atoms with E-state index in [2.05, 4.69) is 31.3 Å². The van der Waals surface area contributed by atoms with E-state index >= 15 is 0 Å². The third kappa shape index (κ3) is 47.9. The largest absolute Gasteiger partial charge is 0.466 e. The zero-order valence-electron chi connectivity index (χ0n) is 41.2. The van der Waals surface area contributed by atoms with Gasteiger partial charge in [-0.25, -0.2) is 0 Å². The highest BCUT2D eigenvalue weighted by Crippen LogP contribution is 2.17. The number of hydrogen-bond donors (Lipinski definition) is 3. The van der Waals surface area contributed by atoms with Crippen LogP contribution in [0, 0.1) is 0 Å². The molecule has 0 saturated heterocycles. The molecule has 6 nitrogen and oxygen atoms in total. The van der Waals surface area contributed by atoms with Crippen molar-refractivity contribution in [1.29, 1.82) is 0 Å². The Bertz CT molecular complexity index is 909. The van der Waals surface area contributed by atoms with E-state index in [9.17, 15) is 19.8 Å². The Morgan fingerprint density at radius 3 is 1.16 bits per heavy atom. The second-order valence-electron chi connectivity index (χ2n) is 18.9. The van der Waals surface area contributed by atoms with E-state index in [0.29, 0.717) is 25.9 Å². The van der Waals surface area contributed by atoms with Gasteiger partial charge in [-0.1, -0.05) is 251 Å². The van der Waals surface area contributed by atoms with E-state index in [1.54, 1.807) is 0 Å². The molecule has 0 bridgehead atoms. The van der Waals surface area contributed by atoms with Gasteiger partial charge in [0.1, 0.15) is 0 Å². The molecule has 2 atom stereocenters. The first kappa shape index (κ1) is 59.6. The molecule has 0 aliphatic heterocycles. The van der Waals surface area contributed by atoms with Crippen LogP contribution in [0.2, 0.25) is 0 Å². The number of carbonyl (C=O) groups excluding carboxylic acids is 2. The number of rotatable bonds is 51. The Morgan fingerprint density at radius 2 is 0.770 bits per heavy atom. The average Bonchev–Trinajstić information content (AvgIpc) is 3.26.